The minimum absolute atomic E-state index is 0.114. The average molecular weight is 328 g/mol. The van der Waals surface area contributed by atoms with Crippen LogP contribution in [0.25, 0.3) is 0 Å². The third-order valence-corrected chi connectivity index (χ3v) is 3.94. The largest absolute Gasteiger partial charge is 0.337 e. The number of hydrogen-bond donors (Lipinski definition) is 1. The van der Waals surface area contributed by atoms with Gasteiger partial charge in [0, 0.05) is 23.7 Å². The minimum Gasteiger partial charge on any atom is -0.337 e. The van der Waals surface area contributed by atoms with Crippen molar-refractivity contribution in [2.24, 2.45) is 4.99 Å². The van der Waals surface area contributed by atoms with Crippen LogP contribution in [0, 0.1) is 0 Å². The highest BCUT2D eigenvalue weighted by atomic mass is 35.5. The van der Waals surface area contributed by atoms with Gasteiger partial charge in [-0.3, -0.25) is 9.89 Å². The number of amides is 2. The Morgan fingerprint density at radius 3 is 2.78 bits per heavy atom. The molecule has 1 heterocycles. The van der Waals surface area contributed by atoms with E-state index in [1.807, 2.05) is 42.5 Å². The Morgan fingerprint density at radius 2 is 2.00 bits per heavy atom. The molecule has 2 amide bonds. The van der Waals surface area contributed by atoms with E-state index in [0.717, 1.165) is 12.0 Å². The molecular formula is C18H18ClN3O. The van der Waals surface area contributed by atoms with Gasteiger partial charge >= 0.3 is 6.03 Å². The van der Waals surface area contributed by atoms with Gasteiger partial charge in [0.05, 0.1) is 6.54 Å². The van der Waals surface area contributed by atoms with Crippen molar-refractivity contribution in [3.63, 3.8) is 0 Å². The Hall–Kier alpha value is -2.33. The number of rotatable bonds is 4. The van der Waals surface area contributed by atoms with Crippen molar-refractivity contribution in [2.45, 2.75) is 6.42 Å². The molecule has 5 heteroatoms. The summed E-state index contributed by atoms with van der Waals surface area (Å²) in [4.78, 5) is 18.5. The lowest BCUT2D eigenvalue weighted by Crippen LogP contribution is -2.43. The minimum atomic E-state index is -0.114. The van der Waals surface area contributed by atoms with Crippen molar-refractivity contribution in [1.29, 1.82) is 0 Å². The van der Waals surface area contributed by atoms with E-state index in [9.17, 15) is 4.79 Å². The van der Waals surface area contributed by atoms with Crippen molar-refractivity contribution < 1.29 is 4.79 Å². The SMILES string of the molecule is O=C(NCCc1ccccc1)N1CCN=C1c1cccc(Cl)c1. The first-order valence-corrected chi connectivity index (χ1v) is 8.01. The summed E-state index contributed by atoms with van der Waals surface area (Å²) in [5, 5.41) is 3.60. The molecule has 4 nitrogen and oxygen atoms in total. The van der Waals surface area contributed by atoms with Crippen LogP contribution in [0.5, 0.6) is 0 Å². The van der Waals surface area contributed by atoms with Crippen LogP contribution in [-0.2, 0) is 6.42 Å². The van der Waals surface area contributed by atoms with E-state index in [1.54, 1.807) is 4.90 Å². The van der Waals surface area contributed by atoms with Gasteiger partial charge < -0.3 is 5.32 Å². The van der Waals surface area contributed by atoms with Crippen LogP contribution in [0.3, 0.4) is 0 Å². The number of halogens is 1. The Balaban J connectivity index is 1.60. The second-order valence-electron chi connectivity index (χ2n) is 5.33. The van der Waals surface area contributed by atoms with Crippen molar-refractivity contribution in [1.82, 2.24) is 10.2 Å². The maximum Gasteiger partial charge on any atom is 0.323 e. The normalized spacial score (nSPS) is 13.8. The highest BCUT2D eigenvalue weighted by Crippen LogP contribution is 2.16. The number of carbonyl (C=O) groups excluding carboxylic acids is 1. The fourth-order valence-corrected chi connectivity index (χ4v) is 2.76. The molecule has 23 heavy (non-hydrogen) atoms. The van der Waals surface area contributed by atoms with Gasteiger partial charge in [-0.05, 0) is 24.1 Å². The summed E-state index contributed by atoms with van der Waals surface area (Å²) < 4.78 is 0. The zero-order valence-corrected chi connectivity index (χ0v) is 13.5. The predicted octanol–water partition coefficient (Wildman–Crippen LogP) is 3.35. The van der Waals surface area contributed by atoms with E-state index in [2.05, 4.69) is 22.4 Å². The van der Waals surface area contributed by atoms with E-state index in [0.29, 0.717) is 30.5 Å². The highest BCUT2D eigenvalue weighted by Gasteiger charge is 2.24. The molecule has 0 saturated heterocycles. The van der Waals surface area contributed by atoms with Gasteiger partial charge in [-0.15, -0.1) is 0 Å². The van der Waals surface area contributed by atoms with E-state index < -0.39 is 0 Å². The van der Waals surface area contributed by atoms with E-state index in [1.165, 1.54) is 5.56 Å². The summed E-state index contributed by atoms with van der Waals surface area (Å²) in [6, 6.07) is 17.4. The fraction of sp³-hybridized carbons (Fsp3) is 0.222. The van der Waals surface area contributed by atoms with Crippen LogP contribution in [0.15, 0.2) is 59.6 Å². The summed E-state index contributed by atoms with van der Waals surface area (Å²) in [6.07, 6.45) is 0.810. The van der Waals surface area contributed by atoms with Gasteiger partial charge in [-0.2, -0.15) is 0 Å². The first-order chi connectivity index (χ1) is 11.2. The van der Waals surface area contributed by atoms with Gasteiger partial charge in [-0.1, -0.05) is 54.1 Å². The molecule has 0 aliphatic carbocycles. The molecule has 1 N–H and O–H groups in total. The average Bonchev–Trinajstić information content (AvgIpc) is 3.05. The van der Waals surface area contributed by atoms with E-state index >= 15 is 0 Å². The van der Waals surface area contributed by atoms with Crippen molar-refractivity contribution in [3.05, 3.63) is 70.7 Å². The second-order valence-corrected chi connectivity index (χ2v) is 5.77. The molecule has 0 fully saturated rings. The molecular weight excluding hydrogens is 310 g/mol. The van der Waals surface area contributed by atoms with Gasteiger partial charge in [0.15, 0.2) is 0 Å². The molecule has 0 atom stereocenters. The van der Waals surface area contributed by atoms with Crippen LogP contribution in [-0.4, -0.2) is 36.4 Å². The fourth-order valence-electron chi connectivity index (χ4n) is 2.57. The number of aliphatic imine (C=N–C) groups is 1. The molecule has 0 radical (unpaired) electrons. The Labute approximate surface area is 140 Å². The van der Waals surface area contributed by atoms with Gasteiger partial charge in [-0.25, -0.2) is 4.79 Å². The van der Waals surface area contributed by atoms with Crippen LogP contribution < -0.4 is 5.32 Å². The van der Waals surface area contributed by atoms with Gasteiger partial charge in [0.25, 0.3) is 0 Å². The Kier molecular flexibility index (Phi) is 4.93. The summed E-state index contributed by atoms with van der Waals surface area (Å²) in [5.41, 5.74) is 2.08. The molecule has 0 bridgehead atoms. The van der Waals surface area contributed by atoms with Crippen molar-refractivity contribution >= 4 is 23.5 Å². The summed E-state index contributed by atoms with van der Waals surface area (Å²) in [6.45, 7) is 1.81. The maximum absolute atomic E-state index is 12.4. The van der Waals surface area contributed by atoms with Crippen LogP contribution in [0.1, 0.15) is 11.1 Å². The molecule has 2 aromatic rings. The smallest absolute Gasteiger partial charge is 0.323 e. The Bertz CT molecular complexity index is 715. The van der Waals surface area contributed by atoms with E-state index in [-0.39, 0.29) is 6.03 Å². The number of carbonyl (C=O) groups is 1. The maximum atomic E-state index is 12.4. The number of urea groups is 1. The van der Waals surface area contributed by atoms with Crippen LogP contribution in [0.4, 0.5) is 4.79 Å². The number of hydrogen-bond acceptors (Lipinski definition) is 2. The number of benzene rings is 2. The zero-order chi connectivity index (χ0) is 16.1. The van der Waals surface area contributed by atoms with Crippen LogP contribution >= 0.6 is 11.6 Å². The molecule has 2 aromatic carbocycles. The lowest BCUT2D eigenvalue weighted by molar-refractivity contribution is 0.223. The summed E-state index contributed by atoms with van der Waals surface area (Å²) >= 11 is 6.03. The van der Waals surface area contributed by atoms with Gasteiger partial charge in [0.1, 0.15) is 5.84 Å². The van der Waals surface area contributed by atoms with Crippen LogP contribution in [0.2, 0.25) is 5.02 Å². The third kappa shape index (κ3) is 3.90. The molecule has 3 rings (SSSR count). The van der Waals surface area contributed by atoms with Crippen molar-refractivity contribution in [3.8, 4) is 0 Å². The molecule has 1 aliphatic rings. The molecule has 0 unspecified atom stereocenters. The van der Waals surface area contributed by atoms with E-state index in [4.69, 9.17) is 11.6 Å². The molecule has 0 spiro atoms. The molecule has 0 saturated carbocycles. The number of nitrogens with zero attached hydrogens (tertiary/aromatic N) is 2. The Morgan fingerprint density at radius 1 is 1.17 bits per heavy atom. The summed E-state index contributed by atoms with van der Waals surface area (Å²) in [7, 11) is 0. The first-order valence-electron chi connectivity index (χ1n) is 7.64. The predicted molar refractivity (Wildman–Crippen MR) is 93.1 cm³/mol. The lowest BCUT2D eigenvalue weighted by atomic mass is 10.1. The first kappa shape index (κ1) is 15.6. The molecule has 0 aromatic heterocycles. The standard InChI is InChI=1S/C18H18ClN3O/c19-16-8-4-7-15(13-16)17-20-11-12-22(17)18(23)21-10-9-14-5-2-1-3-6-14/h1-8,13H,9-12H2,(H,21,23). The van der Waals surface area contributed by atoms with Gasteiger partial charge in [0.2, 0.25) is 0 Å². The highest BCUT2D eigenvalue weighted by molar-refractivity contribution is 6.31. The third-order valence-electron chi connectivity index (χ3n) is 3.70. The number of nitrogens with one attached hydrogen (secondary N) is 1. The quantitative estimate of drug-likeness (QED) is 0.919. The topological polar surface area (TPSA) is 44.7 Å². The number of amidine groups is 1. The lowest BCUT2D eigenvalue weighted by Gasteiger charge is -2.19. The summed E-state index contributed by atoms with van der Waals surface area (Å²) in [5.74, 6) is 0.685. The monoisotopic (exact) mass is 327 g/mol. The molecule has 1 aliphatic heterocycles. The van der Waals surface area contributed by atoms with Crippen molar-refractivity contribution in [2.75, 3.05) is 19.6 Å². The second kappa shape index (κ2) is 7.29. The molecule has 118 valence electrons. The zero-order valence-electron chi connectivity index (χ0n) is 12.7.